The summed E-state index contributed by atoms with van der Waals surface area (Å²) in [5, 5.41) is 15.5. The minimum atomic E-state index is -0.0648. The number of nitrogen functional groups attached to an aromatic ring is 1. The van der Waals surface area contributed by atoms with E-state index in [0.717, 1.165) is 31.4 Å². The molecule has 202 valence electrons. The first-order valence-electron chi connectivity index (χ1n) is 13.1. The molecule has 1 aliphatic carbocycles. The van der Waals surface area contributed by atoms with Gasteiger partial charge in [0.1, 0.15) is 35.7 Å². The van der Waals surface area contributed by atoms with Crippen molar-refractivity contribution in [2.45, 2.75) is 57.8 Å². The van der Waals surface area contributed by atoms with E-state index in [-0.39, 0.29) is 23.8 Å². The summed E-state index contributed by atoms with van der Waals surface area (Å²) in [6.07, 6.45) is 5.20. The number of nitrogens with one attached hydrogen (secondary N) is 5. The van der Waals surface area contributed by atoms with Crippen LogP contribution in [0.15, 0.2) is 60.9 Å². The maximum atomic E-state index is 8.87. The van der Waals surface area contributed by atoms with Gasteiger partial charge < -0.3 is 15.8 Å². The number of benzene rings is 2. The number of hydrogen-bond acceptors (Lipinski definition) is 10. The van der Waals surface area contributed by atoms with Crippen LogP contribution in [0.25, 0.3) is 0 Å². The fourth-order valence-electron chi connectivity index (χ4n) is 4.50. The van der Waals surface area contributed by atoms with Gasteiger partial charge >= 0.3 is 0 Å². The van der Waals surface area contributed by atoms with Crippen LogP contribution in [0.2, 0.25) is 0 Å². The quantitative estimate of drug-likeness (QED) is 0.118. The third kappa shape index (κ3) is 7.26. The normalized spacial score (nSPS) is 18.2. The van der Waals surface area contributed by atoms with E-state index in [4.69, 9.17) is 20.7 Å². The van der Waals surface area contributed by atoms with E-state index in [0.29, 0.717) is 34.7 Å². The molecule has 0 aliphatic heterocycles. The Hall–Kier alpha value is -3.57. The van der Waals surface area contributed by atoms with Crippen molar-refractivity contribution in [1.82, 2.24) is 26.3 Å². The molecule has 10 heteroatoms. The standard InChI is InChI=1S/C28H38N8O2/c1-18(2)28(31-3)38-36-35-21-13-11-20(12-14-21)34-27-24(26(30)32-17-33-27)25(29)19-9-15-23(16-10-19)37-22-7-5-4-6-8-22/h4-10,15-18,20-21,28-29,31,35-36H,11-14H2,1-3H3,(H3,30,32,33,34). The summed E-state index contributed by atoms with van der Waals surface area (Å²) in [5.74, 6) is 2.66. The Morgan fingerprint density at radius 2 is 1.61 bits per heavy atom. The van der Waals surface area contributed by atoms with Gasteiger partial charge in [0.05, 0.1) is 11.3 Å². The predicted octanol–water partition coefficient (Wildman–Crippen LogP) is 4.22. The van der Waals surface area contributed by atoms with E-state index in [1.807, 2.05) is 61.6 Å². The number of nitrogens with two attached hydrogens (primary N) is 1. The topological polar surface area (TPSA) is 142 Å². The Labute approximate surface area is 224 Å². The summed E-state index contributed by atoms with van der Waals surface area (Å²) in [6.45, 7) is 4.20. The molecule has 3 aromatic rings. The van der Waals surface area contributed by atoms with E-state index in [1.54, 1.807) is 0 Å². The van der Waals surface area contributed by atoms with Crippen LogP contribution in [0.3, 0.4) is 0 Å². The lowest BCUT2D eigenvalue weighted by atomic mass is 9.91. The van der Waals surface area contributed by atoms with Gasteiger partial charge in [0.2, 0.25) is 0 Å². The first kappa shape index (κ1) is 27.5. The van der Waals surface area contributed by atoms with Crippen molar-refractivity contribution in [2.75, 3.05) is 18.1 Å². The second-order valence-corrected chi connectivity index (χ2v) is 9.81. The Kier molecular flexibility index (Phi) is 9.61. The fourth-order valence-corrected chi connectivity index (χ4v) is 4.50. The molecule has 1 aliphatic rings. The first-order valence-corrected chi connectivity index (χ1v) is 13.1. The lowest BCUT2D eigenvalue weighted by Gasteiger charge is -2.31. The summed E-state index contributed by atoms with van der Waals surface area (Å²) in [5.41, 5.74) is 13.9. The highest BCUT2D eigenvalue weighted by molar-refractivity contribution is 6.16. The van der Waals surface area contributed by atoms with E-state index >= 15 is 0 Å². The lowest BCUT2D eigenvalue weighted by Crippen LogP contribution is -2.48. The highest BCUT2D eigenvalue weighted by Gasteiger charge is 2.24. The van der Waals surface area contributed by atoms with Gasteiger partial charge in [-0.05, 0) is 75.0 Å². The predicted molar refractivity (Wildman–Crippen MR) is 150 cm³/mol. The molecule has 1 fully saturated rings. The number of para-hydroxylation sites is 1. The fraction of sp³-hybridized carbons (Fsp3) is 0.393. The third-order valence-corrected chi connectivity index (χ3v) is 6.66. The van der Waals surface area contributed by atoms with Crippen LogP contribution >= 0.6 is 0 Å². The Morgan fingerprint density at radius 1 is 0.947 bits per heavy atom. The number of hydrogen-bond donors (Lipinski definition) is 6. The molecular weight excluding hydrogens is 480 g/mol. The van der Waals surface area contributed by atoms with Crippen LogP contribution in [-0.2, 0) is 4.84 Å². The van der Waals surface area contributed by atoms with Crippen molar-refractivity contribution in [1.29, 1.82) is 5.41 Å². The van der Waals surface area contributed by atoms with Crippen LogP contribution in [0.4, 0.5) is 11.6 Å². The van der Waals surface area contributed by atoms with Crippen molar-refractivity contribution in [2.24, 2.45) is 5.92 Å². The van der Waals surface area contributed by atoms with Gasteiger partial charge in [-0.3, -0.25) is 15.6 Å². The molecule has 0 spiro atoms. The Balaban J connectivity index is 1.34. The first-order chi connectivity index (χ1) is 18.4. The van der Waals surface area contributed by atoms with Crippen molar-refractivity contribution < 1.29 is 9.57 Å². The third-order valence-electron chi connectivity index (χ3n) is 6.66. The number of ether oxygens (including phenoxy) is 1. The summed E-state index contributed by atoms with van der Waals surface area (Å²) in [4.78, 5) is 14.3. The molecule has 1 saturated carbocycles. The van der Waals surface area contributed by atoms with E-state index in [2.05, 4.69) is 45.5 Å². The second-order valence-electron chi connectivity index (χ2n) is 9.81. The summed E-state index contributed by atoms with van der Waals surface area (Å²) in [6, 6.07) is 17.5. The maximum Gasteiger partial charge on any atom is 0.141 e. The van der Waals surface area contributed by atoms with Gasteiger partial charge in [0, 0.05) is 17.6 Å². The van der Waals surface area contributed by atoms with Crippen LogP contribution in [0, 0.1) is 11.3 Å². The maximum absolute atomic E-state index is 8.87. The van der Waals surface area contributed by atoms with Crippen LogP contribution in [0.5, 0.6) is 11.5 Å². The number of anilines is 2. The van der Waals surface area contributed by atoms with Crippen LogP contribution < -0.4 is 32.1 Å². The zero-order valence-electron chi connectivity index (χ0n) is 22.2. The van der Waals surface area contributed by atoms with E-state index in [1.165, 1.54) is 6.33 Å². The zero-order chi connectivity index (χ0) is 26.9. The van der Waals surface area contributed by atoms with Crippen LogP contribution in [-0.4, -0.2) is 41.0 Å². The smallest absolute Gasteiger partial charge is 0.141 e. The molecule has 10 nitrogen and oxygen atoms in total. The van der Waals surface area contributed by atoms with Gasteiger partial charge in [-0.25, -0.2) is 15.4 Å². The van der Waals surface area contributed by atoms with Gasteiger partial charge in [0.15, 0.2) is 0 Å². The number of aromatic nitrogens is 2. The summed E-state index contributed by atoms with van der Waals surface area (Å²) in [7, 11) is 1.88. The molecule has 1 aromatic heterocycles. The van der Waals surface area contributed by atoms with Crippen molar-refractivity contribution in [3.05, 3.63) is 72.1 Å². The average molecular weight is 519 g/mol. The van der Waals surface area contributed by atoms with Gasteiger partial charge in [-0.2, -0.15) is 0 Å². The second kappa shape index (κ2) is 13.3. The molecule has 0 saturated heterocycles. The van der Waals surface area contributed by atoms with Gasteiger partial charge in [-0.1, -0.05) is 32.0 Å². The molecular formula is C28H38N8O2. The number of rotatable bonds is 12. The minimum Gasteiger partial charge on any atom is -0.457 e. The molecule has 0 radical (unpaired) electrons. The van der Waals surface area contributed by atoms with E-state index in [9.17, 15) is 0 Å². The number of nitrogens with zero attached hydrogens (tertiary/aromatic N) is 2. The van der Waals surface area contributed by atoms with Crippen molar-refractivity contribution >= 4 is 17.3 Å². The summed E-state index contributed by atoms with van der Waals surface area (Å²) >= 11 is 0. The monoisotopic (exact) mass is 518 g/mol. The molecule has 2 aromatic carbocycles. The van der Waals surface area contributed by atoms with Gasteiger partial charge in [0.25, 0.3) is 0 Å². The molecule has 38 heavy (non-hydrogen) atoms. The summed E-state index contributed by atoms with van der Waals surface area (Å²) < 4.78 is 5.87. The van der Waals surface area contributed by atoms with Crippen molar-refractivity contribution in [3.63, 3.8) is 0 Å². The van der Waals surface area contributed by atoms with Gasteiger partial charge in [-0.15, -0.1) is 5.59 Å². The minimum absolute atomic E-state index is 0.0648. The molecule has 1 atom stereocenters. The zero-order valence-corrected chi connectivity index (χ0v) is 22.2. The molecule has 7 N–H and O–H groups in total. The molecule has 1 heterocycles. The van der Waals surface area contributed by atoms with Crippen molar-refractivity contribution in [3.8, 4) is 11.5 Å². The molecule has 0 bridgehead atoms. The Morgan fingerprint density at radius 3 is 2.26 bits per heavy atom. The molecule has 1 unspecified atom stereocenters. The van der Waals surface area contributed by atoms with Crippen LogP contribution in [0.1, 0.15) is 50.7 Å². The highest BCUT2D eigenvalue weighted by atomic mass is 16.7. The molecule has 4 rings (SSSR count). The number of hydrazine groups is 1. The lowest BCUT2D eigenvalue weighted by molar-refractivity contribution is -0.0886. The average Bonchev–Trinajstić information content (AvgIpc) is 2.92. The highest BCUT2D eigenvalue weighted by Crippen LogP contribution is 2.28. The SMILES string of the molecule is CNC(ONNC1CCC(Nc2ncnc(N)c2C(=N)c2ccc(Oc3ccccc3)cc2)CC1)C(C)C. The largest absolute Gasteiger partial charge is 0.457 e. The Bertz CT molecular complexity index is 1170. The van der Waals surface area contributed by atoms with E-state index < -0.39 is 0 Å². The molecule has 0 amide bonds.